The van der Waals surface area contributed by atoms with E-state index >= 15 is 0 Å². The molecular weight excluding hydrogens is 358 g/mol. The van der Waals surface area contributed by atoms with Crippen molar-refractivity contribution < 1.29 is 9.47 Å². The molecule has 0 amide bonds. The van der Waals surface area contributed by atoms with Gasteiger partial charge in [0.15, 0.2) is 0 Å². The van der Waals surface area contributed by atoms with Gasteiger partial charge in [-0.15, -0.1) is 0 Å². The Kier molecular flexibility index (Phi) is 9.00. The van der Waals surface area contributed by atoms with Gasteiger partial charge in [-0.2, -0.15) is 0 Å². The lowest BCUT2D eigenvalue weighted by Gasteiger charge is -2.19. The summed E-state index contributed by atoms with van der Waals surface area (Å²) in [5, 5.41) is 0. The number of rotatable bonds is 9. The first kappa shape index (κ1) is 22.3. The summed E-state index contributed by atoms with van der Waals surface area (Å²) in [7, 11) is 3.39. The predicted molar refractivity (Wildman–Crippen MR) is 122 cm³/mol. The summed E-state index contributed by atoms with van der Waals surface area (Å²) in [5.41, 5.74) is 5.21. The Hall–Kier alpha value is -3.04. The van der Waals surface area contributed by atoms with Gasteiger partial charge in [-0.25, -0.2) is 0 Å². The first-order valence-electron chi connectivity index (χ1n) is 9.72. The van der Waals surface area contributed by atoms with E-state index in [1.807, 2.05) is 12.1 Å². The average Bonchev–Trinajstić information content (AvgIpc) is 2.74. The fraction of sp³-hybridized carbons (Fsp3) is 0.231. The van der Waals surface area contributed by atoms with E-state index in [2.05, 4.69) is 72.8 Å². The van der Waals surface area contributed by atoms with E-state index in [4.69, 9.17) is 9.47 Å². The first-order valence-corrected chi connectivity index (χ1v) is 9.72. The molecule has 3 nitrogen and oxygen atoms in total. The van der Waals surface area contributed by atoms with Gasteiger partial charge in [0.05, 0.1) is 20.5 Å². The van der Waals surface area contributed by atoms with Gasteiger partial charge >= 0.3 is 0 Å². The summed E-state index contributed by atoms with van der Waals surface area (Å²) < 4.78 is 10.6. The van der Waals surface area contributed by atoms with Gasteiger partial charge in [0.1, 0.15) is 5.75 Å². The Morgan fingerprint density at radius 3 is 1.86 bits per heavy atom. The molecule has 0 atom stereocenters. The van der Waals surface area contributed by atoms with Gasteiger partial charge in [-0.05, 0) is 65.6 Å². The van der Waals surface area contributed by atoms with E-state index < -0.39 is 0 Å². The van der Waals surface area contributed by atoms with Crippen molar-refractivity contribution in [1.29, 1.82) is 0 Å². The van der Waals surface area contributed by atoms with Crippen molar-refractivity contribution in [3.8, 4) is 5.75 Å². The number of methoxy groups -OCH3 is 2. The van der Waals surface area contributed by atoms with Crippen molar-refractivity contribution in [3.63, 3.8) is 0 Å². The molecule has 3 aromatic carbocycles. The van der Waals surface area contributed by atoms with Crippen LogP contribution < -0.4 is 10.9 Å². The Balaban J connectivity index is 0.00000300. The SMILES string of the molecule is COC=Cc1ccc(OC)cc1CC(Cc1ccccc1)Cc1ccccc1.N. The van der Waals surface area contributed by atoms with Crippen LogP contribution in [0.15, 0.2) is 85.1 Å². The third-order valence-electron chi connectivity index (χ3n) is 4.98. The van der Waals surface area contributed by atoms with Crippen LogP contribution >= 0.6 is 0 Å². The molecule has 0 aliphatic rings. The quantitative estimate of drug-likeness (QED) is 0.449. The number of hydrogen-bond acceptors (Lipinski definition) is 3. The van der Waals surface area contributed by atoms with Crippen LogP contribution in [0.3, 0.4) is 0 Å². The normalized spacial score (nSPS) is 10.7. The Morgan fingerprint density at radius 1 is 0.759 bits per heavy atom. The highest BCUT2D eigenvalue weighted by molar-refractivity contribution is 5.55. The molecule has 0 heterocycles. The van der Waals surface area contributed by atoms with E-state index in [0.717, 1.165) is 25.0 Å². The van der Waals surface area contributed by atoms with Crippen molar-refractivity contribution in [2.24, 2.45) is 5.92 Å². The molecule has 0 aliphatic carbocycles. The predicted octanol–water partition coefficient (Wildman–Crippen LogP) is 6.12. The minimum Gasteiger partial charge on any atom is -0.504 e. The summed E-state index contributed by atoms with van der Waals surface area (Å²) in [6.45, 7) is 0. The maximum Gasteiger partial charge on any atom is 0.119 e. The largest absolute Gasteiger partial charge is 0.504 e. The summed E-state index contributed by atoms with van der Waals surface area (Å²) >= 11 is 0. The molecule has 0 bridgehead atoms. The molecule has 0 spiro atoms. The van der Waals surface area contributed by atoms with E-state index in [0.29, 0.717) is 5.92 Å². The van der Waals surface area contributed by atoms with Gasteiger partial charge in [0, 0.05) is 0 Å². The Labute approximate surface area is 174 Å². The molecule has 0 unspecified atom stereocenters. The van der Waals surface area contributed by atoms with Gasteiger partial charge in [-0.1, -0.05) is 66.7 Å². The zero-order valence-electron chi connectivity index (χ0n) is 17.4. The lowest BCUT2D eigenvalue weighted by molar-refractivity contribution is 0.341. The van der Waals surface area contributed by atoms with E-state index in [9.17, 15) is 0 Å². The van der Waals surface area contributed by atoms with Gasteiger partial charge in [0.25, 0.3) is 0 Å². The third kappa shape index (κ3) is 6.81. The summed E-state index contributed by atoms with van der Waals surface area (Å²) in [6, 6.07) is 27.7. The molecular formula is C26H31NO2. The summed E-state index contributed by atoms with van der Waals surface area (Å²) in [6.07, 6.45) is 6.82. The van der Waals surface area contributed by atoms with Crippen molar-refractivity contribution in [1.82, 2.24) is 6.15 Å². The van der Waals surface area contributed by atoms with Gasteiger partial charge in [0.2, 0.25) is 0 Å². The topological polar surface area (TPSA) is 53.5 Å². The second-order valence-corrected chi connectivity index (χ2v) is 7.05. The summed E-state index contributed by atoms with van der Waals surface area (Å²) in [4.78, 5) is 0. The molecule has 0 radical (unpaired) electrons. The molecule has 0 saturated heterocycles. The molecule has 29 heavy (non-hydrogen) atoms. The van der Waals surface area contributed by atoms with Crippen molar-refractivity contribution in [2.45, 2.75) is 19.3 Å². The van der Waals surface area contributed by atoms with Crippen molar-refractivity contribution in [2.75, 3.05) is 14.2 Å². The number of hydrogen-bond donors (Lipinski definition) is 1. The maximum atomic E-state index is 5.48. The fourth-order valence-electron chi connectivity index (χ4n) is 3.61. The van der Waals surface area contributed by atoms with Crippen LogP contribution in [0, 0.1) is 5.92 Å². The van der Waals surface area contributed by atoms with Crippen molar-refractivity contribution in [3.05, 3.63) is 107 Å². The highest BCUT2D eigenvalue weighted by Gasteiger charge is 2.14. The second-order valence-electron chi connectivity index (χ2n) is 7.05. The van der Waals surface area contributed by atoms with Crippen LogP contribution in [-0.2, 0) is 24.0 Å². The van der Waals surface area contributed by atoms with E-state index in [-0.39, 0.29) is 6.15 Å². The van der Waals surface area contributed by atoms with Crippen molar-refractivity contribution >= 4 is 6.08 Å². The smallest absolute Gasteiger partial charge is 0.119 e. The highest BCUT2D eigenvalue weighted by atomic mass is 16.5. The van der Waals surface area contributed by atoms with Crippen LogP contribution in [0.5, 0.6) is 5.75 Å². The van der Waals surface area contributed by atoms with Crippen LogP contribution in [0.25, 0.3) is 6.08 Å². The van der Waals surface area contributed by atoms with Gasteiger partial charge in [-0.3, -0.25) is 0 Å². The molecule has 0 aliphatic heterocycles. The number of benzene rings is 3. The first-order chi connectivity index (χ1) is 13.8. The van der Waals surface area contributed by atoms with Gasteiger partial charge < -0.3 is 15.6 Å². The zero-order chi connectivity index (χ0) is 19.6. The minimum atomic E-state index is 0. The fourth-order valence-corrected chi connectivity index (χ4v) is 3.61. The number of ether oxygens (including phenoxy) is 2. The lowest BCUT2D eigenvalue weighted by atomic mass is 9.86. The Bertz CT molecular complexity index is 834. The summed E-state index contributed by atoms with van der Waals surface area (Å²) in [5.74, 6) is 1.38. The Morgan fingerprint density at radius 2 is 1.34 bits per heavy atom. The molecule has 0 fully saturated rings. The maximum absolute atomic E-state index is 5.48. The monoisotopic (exact) mass is 389 g/mol. The second kappa shape index (κ2) is 11.7. The molecule has 0 saturated carbocycles. The zero-order valence-corrected chi connectivity index (χ0v) is 17.4. The van der Waals surface area contributed by atoms with Crippen LogP contribution in [0.1, 0.15) is 22.3 Å². The van der Waals surface area contributed by atoms with Crippen LogP contribution in [0.4, 0.5) is 0 Å². The average molecular weight is 390 g/mol. The highest BCUT2D eigenvalue weighted by Crippen LogP contribution is 2.25. The lowest BCUT2D eigenvalue weighted by Crippen LogP contribution is -2.13. The van der Waals surface area contributed by atoms with Crippen LogP contribution in [0.2, 0.25) is 0 Å². The van der Waals surface area contributed by atoms with E-state index in [1.165, 1.54) is 22.3 Å². The molecule has 3 N–H and O–H groups in total. The molecule has 152 valence electrons. The minimum absolute atomic E-state index is 0. The molecule has 3 rings (SSSR count). The standard InChI is InChI=1S/C26H28O2.H3N/c1-27-16-15-24-13-14-26(28-2)20-25(24)19-23(17-21-9-5-3-6-10-21)18-22-11-7-4-8-12-22;/h3-16,20,23H,17-19H2,1-2H3;1H3. The molecule has 3 heteroatoms. The third-order valence-corrected chi connectivity index (χ3v) is 4.98. The molecule has 0 aromatic heterocycles. The van der Waals surface area contributed by atoms with E-state index in [1.54, 1.807) is 20.5 Å². The molecule has 3 aromatic rings. The van der Waals surface area contributed by atoms with Crippen LogP contribution in [-0.4, -0.2) is 14.2 Å².